The van der Waals surface area contributed by atoms with Crippen molar-refractivity contribution in [1.29, 1.82) is 0 Å². The Bertz CT molecular complexity index is 219. The Balaban J connectivity index is 2.83. The minimum atomic E-state index is -0.681. The first-order chi connectivity index (χ1) is 5.83. The Morgan fingerprint density at radius 3 is 2.00 bits per heavy atom. The molecule has 0 saturated carbocycles. The summed E-state index contributed by atoms with van der Waals surface area (Å²) >= 11 is 0. The molecule has 3 nitrogen and oxygen atoms in total. The third-order valence-electron chi connectivity index (χ3n) is 1.91. The van der Waals surface area contributed by atoms with E-state index in [2.05, 4.69) is 13.2 Å². The summed E-state index contributed by atoms with van der Waals surface area (Å²) in [5, 5.41) is 9.26. The van der Waals surface area contributed by atoms with Crippen LogP contribution >= 0.6 is 0 Å². The van der Waals surface area contributed by atoms with Crippen molar-refractivity contribution in [3.8, 4) is 0 Å². The molecule has 1 rings (SSSR count). The second-order valence-corrected chi connectivity index (χ2v) is 3.81. The lowest BCUT2D eigenvalue weighted by atomic mass is 10.1. The topological polar surface area (TPSA) is 38.7 Å². The minimum absolute atomic E-state index is 0.0152. The van der Waals surface area contributed by atoms with Crippen LogP contribution in [0.1, 0.15) is 20.8 Å². The molecule has 0 unspecified atom stereocenters. The van der Waals surface area contributed by atoms with Crippen LogP contribution in [0.15, 0.2) is 24.5 Å². The molecular formula is C10H16O3. The van der Waals surface area contributed by atoms with Crippen LogP contribution in [0.5, 0.6) is 0 Å². The molecule has 0 spiro atoms. The molecule has 2 atom stereocenters. The maximum absolute atomic E-state index is 9.26. The van der Waals surface area contributed by atoms with Gasteiger partial charge in [-0.2, -0.15) is 0 Å². The van der Waals surface area contributed by atoms with Gasteiger partial charge in [0.05, 0.1) is 0 Å². The molecule has 0 aromatic rings. The molecule has 0 bridgehead atoms. The van der Waals surface area contributed by atoms with E-state index in [0.29, 0.717) is 0 Å². The molecule has 0 amide bonds. The van der Waals surface area contributed by atoms with Gasteiger partial charge in [-0.15, -0.1) is 0 Å². The van der Waals surface area contributed by atoms with Crippen LogP contribution in [-0.4, -0.2) is 23.1 Å². The summed E-state index contributed by atoms with van der Waals surface area (Å²) < 4.78 is 11.0. The molecule has 0 aliphatic carbocycles. The molecule has 0 radical (unpaired) electrons. The quantitative estimate of drug-likeness (QED) is 0.528. The van der Waals surface area contributed by atoms with Gasteiger partial charge < -0.3 is 14.6 Å². The van der Waals surface area contributed by atoms with Crippen LogP contribution in [-0.2, 0) is 9.47 Å². The Kier molecular flexibility index (Phi) is 2.50. The zero-order valence-electron chi connectivity index (χ0n) is 8.33. The van der Waals surface area contributed by atoms with E-state index in [0.717, 1.165) is 5.57 Å². The minimum Gasteiger partial charge on any atom is -0.510 e. The normalized spacial score (nSPS) is 31.6. The summed E-state index contributed by atoms with van der Waals surface area (Å²) in [4.78, 5) is 0. The SMILES string of the molecule is C=C(C)[C@@H]1OC(C)(C)O[C@H]1C(=C)O. The molecular weight excluding hydrogens is 168 g/mol. The molecule has 0 aromatic carbocycles. The Labute approximate surface area is 78.7 Å². The summed E-state index contributed by atoms with van der Waals surface area (Å²) in [6, 6.07) is 0. The van der Waals surface area contributed by atoms with E-state index in [-0.39, 0.29) is 11.9 Å². The van der Waals surface area contributed by atoms with Gasteiger partial charge in [0, 0.05) is 0 Å². The van der Waals surface area contributed by atoms with Crippen molar-refractivity contribution in [2.24, 2.45) is 0 Å². The van der Waals surface area contributed by atoms with Crippen molar-refractivity contribution in [2.45, 2.75) is 38.8 Å². The number of ether oxygens (including phenoxy) is 2. The van der Waals surface area contributed by atoms with Gasteiger partial charge in [-0.05, 0) is 26.3 Å². The fraction of sp³-hybridized carbons (Fsp3) is 0.600. The molecule has 13 heavy (non-hydrogen) atoms. The molecule has 1 fully saturated rings. The van der Waals surface area contributed by atoms with Gasteiger partial charge in [0.1, 0.15) is 18.0 Å². The molecule has 3 heteroatoms. The largest absolute Gasteiger partial charge is 0.510 e. The monoisotopic (exact) mass is 184 g/mol. The number of hydrogen-bond donors (Lipinski definition) is 1. The predicted molar refractivity (Wildman–Crippen MR) is 50.4 cm³/mol. The van der Waals surface area contributed by atoms with Gasteiger partial charge in [0.15, 0.2) is 5.79 Å². The summed E-state index contributed by atoms with van der Waals surface area (Å²) in [7, 11) is 0. The third-order valence-corrected chi connectivity index (χ3v) is 1.91. The predicted octanol–water partition coefficient (Wildman–Crippen LogP) is 2.15. The van der Waals surface area contributed by atoms with Crippen LogP contribution in [0.2, 0.25) is 0 Å². The van der Waals surface area contributed by atoms with Crippen molar-refractivity contribution < 1.29 is 14.6 Å². The van der Waals surface area contributed by atoms with E-state index in [1.807, 2.05) is 6.92 Å². The van der Waals surface area contributed by atoms with Gasteiger partial charge in [-0.25, -0.2) is 0 Å². The lowest BCUT2D eigenvalue weighted by Gasteiger charge is -2.16. The Hall–Kier alpha value is -0.800. The van der Waals surface area contributed by atoms with Gasteiger partial charge >= 0.3 is 0 Å². The fourth-order valence-electron chi connectivity index (χ4n) is 1.36. The number of rotatable bonds is 2. The van der Waals surface area contributed by atoms with Crippen molar-refractivity contribution >= 4 is 0 Å². The van der Waals surface area contributed by atoms with Crippen molar-refractivity contribution in [1.82, 2.24) is 0 Å². The average Bonchev–Trinajstić information content (AvgIpc) is 2.26. The first-order valence-electron chi connectivity index (χ1n) is 4.22. The Morgan fingerprint density at radius 2 is 1.69 bits per heavy atom. The lowest BCUT2D eigenvalue weighted by Crippen LogP contribution is -2.24. The Morgan fingerprint density at radius 1 is 1.23 bits per heavy atom. The summed E-state index contributed by atoms with van der Waals surface area (Å²) in [5.74, 6) is -0.696. The maximum atomic E-state index is 9.26. The lowest BCUT2D eigenvalue weighted by molar-refractivity contribution is -0.142. The highest BCUT2D eigenvalue weighted by atomic mass is 16.8. The number of hydrogen-bond acceptors (Lipinski definition) is 3. The van der Waals surface area contributed by atoms with Crippen LogP contribution in [0, 0.1) is 0 Å². The molecule has 0 aromatic heterocycles. The smallest absolute Gasteiger partial charge is 0.164 e. The number of aliphatic hydroxyl groups excluding tert-OH is 1. The first kappa shape index (κ1) is 10.3. The van der Waals surface area contributed by atoms with Crippen molar-refractivity contribution in [3.63, 3.8) is 0 Å². The van der Waals surface area contributed by atoms with Crippen LogP contribution in [0.4, 0.5) is 0 Å². The van der Waals surface area contributed by atoms with Crippen molar-refractivity contribution in [2.75, 3.05) is 0 Å². The van der Waals surface area contributed by atoms with E-state index >= 15 is 0 Å². The molecule has 74 valence electrons. The highest BCUT2D eigenvalue weighted by molar-refractivity contribution is 5.12. The zero-order valence-corrected chi connectivity index (χ0v) is 8.33. The van der Waals surface area contributed by atoms with E-state index < -0.39 is 11.9 Å². The second kappa shape index (κ2) is 3.16. The maximum Gasteiger partial charge on any atom is 0.164 e. The van der Waals surface area contributed by atoms with Crippen molar-refractivity contribution in [3.05, 3.63) is 24.5 Å². The summed E-state index contributed by atoms with van der Waals surface area (Å²) in [5.41, 5.74) is 0.825. The number of aliphatic hydroxyl groups is 1. The molecule has 1 heterocycles. The van der Waals surface area contributed by atoms with E-state index in [1.165, 1.54) is 0 Å². The molecule has 1 N–H and O–H groups in total. The molecule has 1 aliphatic rings. The average molecular weight is 184 g/mol. The fourth-order valence-corrected chi connectivity index (χ4v) is 1.36. The summed E-state index contributed by atoms with van der Waals surface area (Å²) in [6.07, 6.45) is -0.792. The van der Waals surface area contributed by atoms with Gasteiger partial charge in [0.2, 0.25) is 0 Å². The third kappa shape index (κ3) is 2.11. The molecule has 1 saturated heterocycles. The standard InChI is InChI=1S/C10H16O3/c1-6(2)8-9(7(3)11)13-10(4,5)12-8/h8-9,11H,1,3H2,2,4-5H3/t8-,9-/m0/s1. The highest BCUT2D eigenvalue weighted by Gasteiger charge is 2.43. The van der Waals surface area contributed by atoms with E-state index in [9.17, 15) is 5.11 Å². The van der Waals surface area contributed by atoms with Crippen LogP contribution in [0.3, 0.4) is 0 Å². The second-order valence-electron chi connectivity index (χ2n) is 3.81. The molecule has 1 aliphatic heterocycles. The van der Waals surface area contributed by atoms with Gasteiger partial charge in [-0.1, -0.05) is 13.2 Å². The van der Waals surface area contributed by atoms with Crippen LogP contribution in [0.25, 0.3) is 0 Å². The van der Waals surface area contributed by atoms with Gasteiger partial charge in [-0.3, -0.25) is 0 Å². The van der Waals surface area contributed by atoms with E-state index in [4.69, 9.17) is 9.47 Å². The van der Waals surface area contributed by atoms with Crippen LogP contribution < -0.4 is 0 Å². The zero-order chi connectivity index (χ0) is 10.2. The summed E-state index contributed by atoms with van der Waals surface area (Å²) in [6.45, 7) is 12.7. The van der Waals surface area contributed by atoms with E-state index in [1.54, 1.807) is 13.8 Å². The first-order valence-corrected chi connectivity index (χ1v) is 4.22. The van der Waals surface area contributed by atoms with Gasteiger partial charge in [0.25, 0.3) is 0 Å². The highest BCUT2D eigenvalue weighted by Crippen LogP contribution is 2.33.